The number of carbonyl (C=O) groups is 1. The average molecular weight is 497 g/mol. The van der Waals surface area contributed by atoms with Crippen molar-refractivity contribution in [2.75, 3.05) is 0 Å². The fourth-order valence-electron chi connectivity index (χ4n) is 8.34. The largest absolute Gasteiger partial charge is 0.429 e. The number of halogens is 6. The summed E-state index contributed by atoms with van der Waals surface area (Å²) in [5, 5.41) is 20.4. The first kappa shape index (κ1) is 26.0. The number of carbonyl (C=O) groups excluding carboxylic acids is 1. The molecule has 0 aromatic heterocycles. The summed E-state index contributed by atoms with van der Waals surface area (Å²) in [6.07, 6.45) is -5.98. The minimum atomic E-state index is -5.85. The Morgan fingerprint density at radius 1 is 0.941 bits per heavy atom. The van der Waals surface area contributed by atoms with Crippen LogP contribution in [0.1, 0.15) is 71.6 Å². The highest BCUT2D eigenvalue weighted by Crippen LogP contribution is 2.67. The molecule has 8 unspecified atom stereocenters. The van der Waals surface area contributed by atoms with Gasteiger partial charge in [0.15, 0.2) is 0 Å². The molecule has 2 N–H and O–H groups in total. The monoisotopic (exact) mass is 496 g/mol. The molecule has 4 aliphatic rings. The summed E-state index contributed by atoms with van der Waals surface area (Å²) < 4.78 is 78.0. The molecule has 4 rings (SSSR count). The second-order valence-electron chi connectivity index (χ2n) is 11.8. The van der Waals surface area contributed by atoms with Gasteiger partial charge in [-0.05, 0) is 91.4 Å². The summed E-state index contributed by atoms with van der Waals surface area (Å²) in [4.78, 5) is 12.1. The van der Waals surface area contributed by atoms with Crippen LogP contribution in [0.2, 0.25) is 0 Å². The molecule has 4 aliphatic carbocycles. The van der Waals surface area contributed by atoms with Gasteiger partial charge < -0.3 is 10.2 Å². The number of fused-ring (bicyclic) bond motifs is 5. The van der Waals surface area contributed by atoms with E-state index in [0.717, 1.165) is 31.8 Å². The van der Waals surface area contributed by atoms with E-state index in [9.17, 15) is 41.4 Å². The number of ketones is 1. The molecule has 0 radical (unpaired) electrons. The number of Topliss-reactive ketones (excluding diaryl/α,β-unsaturated/α-hetero) is 1. The first-order chi connectivity index (χ1) is 15.5. The number of allylic oxidation sites excluding steroid dienone is 1. The number of hydrogen-bond donors (Lipinski definition) is 2. The second kappa shape index (κ2) is 8.22. The lowest BCUT2D eigenvalue weighted by atomic mass is 9.44. The van der Waals surface area contributed by atoms with Crippen LogP contribution in [-0.2, 0) is 4.79 Å². The maximum absolute atomic E-state index is 13.0. The molecule has 0 aromatic carbocycles. The van der Waals surface area contributed by atoms with E-state index < -0.39 is 24.1 Å². The Kier molecular flexibility index (Phi) is 6.28. The molecule has 0 spiro atoms. The average Bonchev–Trinajstić information content (AvgIpc) is 3.04. The van der Waals surface area contributed by atoms with Crippen LogP contribution < -0.4 is 0 Å². The van der Waals surface area contributed by atoms with Crippen molar-refractivity contribution in [3.8, 4) is 0 Å². The molecule has 194 valence electrons. The molecule has 9 heteroatoms. The topological polar surface area (TPSA) is 57.5 Å². The van der Waals surface area contributed by atoms with Crippen LogP contribution in [0.25, 0.3) is 0 Å². The molecule has 0 aromatic rings. The number of aliphatic hydroxyl groups excluding tert-OH is 1. The Balaban J connectivity index is 1.52. The van der Waals surface area contributed by atoms with Crippen molar-refractivity contribution in [1.29, 1.82) is 0 Å². The Labute approximate surface area is 196 Å². The van der Waals surface area contributed by atoms with E-state index in [4.69, 9.17) is 0 Å². The molecule has 0 saturated heterocycles. The van der Waals surface area contributed by atoms with Gasteiger partial charge in [0.1, 0.15) is 5.78 Å². The third-order valence-corrected chi connectivity index (χ3v) is 10.3. The van der Waals surface area contributed by atoms with Gasteiger partial charge in [-0.15, -0.1) is 0 Å². The zero-order valence-corrected chi connectivity index (χ0v) is 19.6. The number of aliphatic hydroxyl groups is 2. The molecular formula is C25H34F6O3. The molecule has 3 nitrogen and oxygen atoms in total. The summed E-state index contributed by atoms with van der Waals surface area (Å²) in [6.45, 7) is 4.28. The first-order valence-corrected chi connectivity index (χ1v) is 12.3. The van der Waals surface area contributed by atoms with Gasteiger partial charge in [-0.25, -0.2) is 0 Å². The molecule has 0 bridgehead atoms. The van der Waals surface area contributed by atoms with Crippen LogP contribution in [0.5, 0.6) is 0 Å². The first-order valence-electron chi connectivity index (χ1n) is 12.3. The van der Waals surface area contributed by atoms with E-state index in [1.165, 1.54) is 0 Å². The fraction of sp³-hybridized carbons (Fsp3) is 0.880. The Bertz CT molecular complexity index is 821. The standard InChI is InChI=1S/C25H34F6O3/c1-21-11-8-18-16(13-20(33)19-12-15(32)7-10-22(18,19)2)17(21)6-5-14(21)4-3-9-23(34,24(26,27)28)25(29,30)31/h3,9,14,16-20,33-34H,4-8,10-13H2,1-2H3/b9-3+. The highest BCUT2D eigenvalue weighted by molar-refractivity contribution is 5.79. The highest BCUT2D eigenvalue weighted by atomic mass is 19.4. The van der Waals surface area contributed by atoms with Crippen LogP contribution in [-0.4, -0.2) is 40.1 Å². The molecule has 4 saturated carbocycles. The third-order valence-electron chi connectivity index (χ3n) is 10.3. The normalized spacial score (nSPS) is 43.5. The summed E-state index contributed by atoms with van der Waals surface area (Å²) in [6, 6.07) is 0. The van der Waals surface area contributed by atoms with Crippen molar-refractivity contribution in [3.63, 3.8) is 0 Å². The maximum atomic E-state index is 13.0. The number of hydrogen-bond acceptors (Lipinski definition) is 3. The van der Waals surface area contributed by atoms with Crippen molar-refractivity contribution in [1.82, 2.24) is 0 Å². The summed E-state index contributed by atoms with van der Waals surface area (Å²) in [5.74, 6) is 0.907. The zero-order chi connectivity index (χ0) is 25.3. The van der Waals surface area contributed by atoms with E-state index in [0.29, 0.717) is 31.6 Å². The quantitative estimate of drug-likeness (QED) is 0.373. The van der Waals surface area contributed by atoms with E-state index in [1.54, 1.807) is 0 Å². The van der Waals surface area contributed by atoms with Crippen molar-refractivity contribution in [2.24, 2.45) is 40.4 Å². The van der Waals surface area contributed by atoms with Gasteiger partial charge in [-0.3, -0.25) is 4.79 Å². The summed E-state index contributed by atoms with van der Waals surface area (Å²) in [7, 11) is 0. The van der Waals surface area contributed by atoms with Crippen molar-refractivity contribution in [3.05, 3.63) is 12.2 Å². The Morgan fingerprint density at radius 2 is 1.56 bits per heavy atom. The zero-order valence-electron chi connectivity index (χ0n) is 19.6. The Morgan fingerprint density at radius 3 is 2.18 bits per heavy atom. The van der Waals surface area contributed by atoms with Gasteiger partial charge >= 0.3 is 12.4 Å². The predicted molar refractivity (Wildman–Crippen MR) is 112 cm³/mol. The van der Waals surface area contributed by atoms with E-state index in [1.807, 2.05) is 0 Å². The number of alkyl halides is 6. The molecule has 0 heterocycles. The van der Waals surface area contributed by atoms with Gasteiger partial charge in [0.25, 0.3) is 5.60 Å². The lowest BCUT2D eigenvalue weighted by Crippen LogP contribution is -2.57. The van der Waals surface area contributed by atoms with Crippen LogP contribution in [0, 0.1) is 40.4 Å². The summed E-state index contributed by atoms with van der Waals surface area (Å²) >= 11 is 0. The number of rotatable bonds is 3. The van der Waals surface area contributed by atoms with Gasteiger partial charge in [0.2, 0.25) is 0 Å². The van der Waals surface area contributed by atoms with Crippen molar-refractivity contribution in [2.45, 2.75) is 95.7 Å². The minimum absolute atomic E-state index is 0.0375. The van der Waals surface area contributed by atoms with Gasteiger partial charge in [0.05, 0.1) is 6.10 Å². The molecular weight excluding hydrogens is 462 g/mol. The smallest absolute Gasteiger partial charge is 0.393 e. The van der Waals surface area contributed by atoms with E-state index in [2.05, 4.69) is 13.8 Å². The SMILES string of the molecule is CC12CCC3C(CC(O)C4CC(=O)CCC43C)C1CCC2C/C=C/C(O)(C(F)(F)F)C(F)(F)F. The molecule has 8 atom stereocenters. The molecule has 4 fully saturated rings. The van der Waals surface area contributed by atoms with E-state index >= 15 is 0 Å². The van der Waals surface area contributed by atoms with E-state index in [-0.39, 0.29) is 52.8 Å². The molecule has 0 aliphatic heterocycles. The van der Waals surface area contributed by atoms with Crippen LogP contribution in [0.15, 0.2) is 12.2 Å². The summed E-state index contributed by atoms with van der Waals surface area (Å²) in [5.41, 5.74) is -5.22. The Hall–Kier alpha value is -1.09. The van der Waals surface area contributed by atoms with Crippen LogP contribution >= 0.6 is 0 Å². The molecule has 0 amide bonds. The van der Waals surface area contributed by atoms with Gasteiger partial charge in [0, 0.05) is 12.8 Å². The maximum Gasteiger partial charge on any atom is 0.429 e. The lowest BCUT2D eigenvalue weighted by Gasteiger charge is -2.61. The van der Waals surface area contributed by atoms with Gasteiger partial charge in [-0.1, -0.05) is 19.9 Å². The van der Waals surface area contributed by atoms with Crippen LogP contribution in [0.4, 0.5) is 26.3 Å². The highest BCUT2D eigenvalue weighted by Gasteiger charge is 2.69. The minimum Gasteiger partial charge on any atom is -0.393 e. The second-order valence-corrected chi connectivity index (χ2v) is 11.8. The van der Waals surface area contributed by atoms with Crippen molar-refractivity contribution < 1.29 is 41.4 Å². The van der Waals surface area contributed by atoms with Crippen LogP contribution in [0.3, 0.4) is 0 Å². The lowest BCUT2D eigenvalue weighted by molar-refractivity contribution is -0.347. The fourth-order valence-corrected chi connectivity index (χ4v) is 8.34. The van der Waals surface area contributed by atoms with Gasteiger partial charge in [-0.2, -0.15) is 26.3 Å². The van der Waals surface area contributed by atoms with Crippen molar-refractivity contribution >= 4 is 5.78 Å². The third kappa shape index (κ3) is 3.84. The predicted octanol–water partition coefficient (Wildman–Crippen LogP) is 5.99. The molecule has 34 heavy (non-hydrogen) atoms.